The first kappa shape index (κ1) is 26.7. The van der Waals surface area contributed by atoms with Crippen molar-refractivity contribution in [3.63, 3.8) is 0 Å². The van der Waals surface area contributed by atoms with Crippen LogP contribution >= 0.6 is 0 Å². The molecular formula is C29H38N4O3Si. The Labute approximate surface area is 220 Å². The number of amides is 1. The van der Waals surface area contributed by atoms with Crippen molar-refractivity contribution in [2.24, 2.45) is 5.73 Å². The number of primary amides is 1. The van der Waals surface area contributed by atoms with E-state index in [2.05, 4.69) is 79.9 Å². The summed E-state index contributed by atoms with van der Waals surface area (Å²) in [5.74, 6) is 0.332. The number of benzene rings is 2. The number of imidazole rings is 1. The van der Waals surface area contributed by atoms with E-state index in [-0.39, 0.29) is 17.0 Å². The smallest absolute Gasteiger partial charge is 0.268 e. The normalized spacial score (nSPS) is 13.1. The molecule has 0 radical (unpaired) electrons. The Hall–Kier alpha value is -3.36. The topological polar surface area (TPSA) is 84.3 Å². The lowest BCUT2D eigenvalue weighted by Gasteiger charge is -2.39. The van der Waals surface area contributed by atoms with E-state index < -0.39 is 14.2 Å². The molecule has 0 saturated heterocycles. The number of carbonyl (C=O) groups excluding carboxylic acids is 1. The molecule has 1 amide bonds. The highest BCUT2D eigenvalue weighted by Crippen LogP contribution is 2.39. The number of rotatable bonds is 11. The maximum Gasteiger partial charge on any atom is 0.268 e. The van der Waals surface area contributed by atoms with Gasteiger partial charge in [0.25, 0.3) is 5.91 Å². The third-order valence-corrected chi connectivity index (χ3v) is 11.7. The van der Waals surface area contributed by atoms with Crippen LogP contribution in [0.15, 0.2) is 73.3 Å². The van der Waals surface area contributed by atoms with Crippen LogP contribution in [0.3, 0.4) is 0 Å². The van der Waals surface area contributed by atoms with Crippen molar-refractivity contribution in [2.75, 3.05) is 0 Å². The van der Waals surface area contributed by atoms with Gasteiger partial charge in [0.2, 0.25) is 0 Å². The largest absolute Gasteiger partial charge is 0.489 e. The summed E-state index contributed by atoms with van der Waals surface area (Å²) in [6.45, 7) is 12.6. The van der Waals surface area contributed by atoms with Gasteiger partial charge in [0, 0.05) is 29.8 Å². The van der Waals surface area contributed by atoms with Crippen LogP contribution in [0.25, 0.3) is 10.9 Å². The molecule has 0 aliphatic carbocycles. The van der Waals surface area contributed by atoms with E-state index in [9.17, 15) is 4.79 Å². The van der Waals surface area contributed by atoms with Gasteiger partial charge < -0.3 is 24.0 Å². The summed E-state index contributed by atoms with van der Waals surface area (Å²) in [5.41, 5.74) is 8.02. The van der Waals surface area contributed by atoms with Crippen LogP contribution in [0.2, 0.25) is 18.1 Å². The van der Waals surface area contributed by atoms with Gasteiger partial charge in [0.15, 0.2) is 8.32 Å². The Morgan fingerprint density at radius 1 is 1.11 bits per heavy atom. The summed E-state index contributed by atoms with van der Waals surface area (Å²) < 4.78 is 16.9. The molecule has 0 spiro atoms. The molecule has 7 nitrogen and oxygen atoms in total. The highest BCUT2D eigenvalue weighted by molar-refractivity contribution is 6.74. The lowest BCUT2D eigenvalue weighted by molar-refractivity contribution is 0.0984. The first-order valence-corrected chi connectivity index (χ1v) is 15.7. The number of aryl methyl sites for hydroxylation is 1. The number of hydrogen-bond donors (Lipinski definition) is 1. The maximum absolute atomic E-state index is 11.6. The number of carbonyl (C=O) groups is 1. The second-order valence-electron chi connectivity index (χ2n) is 11.0. The zero-order valence-corrected chi connectivity index (χ0v) is 23.5. The molecule has 37 heavy (non-hydrogen) atoms. The Morgan fingerprint density at radius 3 is 2.54 bits per heavy atom. The van der Waals surface area contributed by atoms with Crippen LogP contribution in [-0.2, 0) is 17.6 Å². The molecule has 0 saturated carbocycles. The molecule has 196 valence electrons. The highest BCUT2D eigenvalue weighted by atomic mass is 28.4. The molecule has 0 bridgehead atoms. The number of nitrogens with two attached hydrogens (primary N) is 1. The van der Waals surface area contributed by atoms with Crippen molar-refractivity contribution < 1.29 is 14.0 Å². The van der Waals surface area contributed by atoms with Crippen molar-refractivity contribution in [2.45, 2.75) is 71.1 Å². The summed E-state index contributed by atoms with van der Waals surface area (Å²) in [5, 5.41) is 1.22. The summed E-state index contributed by atoms with van der Waals surface area (Å²) in [6.07, 6.45) is 6.96. The average molecular weight is 519 g/mol. The Kier molecular flexibility index (Phi) is 7.89. The predicted molar refractivity (Wildman–Crippen MR) is 150 cm³/mol. The summed E-state index contributed by atoms with van der Waals surface area (Å²) >= 11 is 0. The molecule has 1 atom stereocenters. The molecule has 0 aliphatic rings. The monoisotopic (exact) mass is 518 g/mol. The van der Waals surface area contributed by atoms with Crippen LogP contribution in [-0.4, -0.2) is 28.3 Å². The predicted octanol–water partition coefficient (Wildman–Crippen LogP) is 6.52. The van der Waals surface area contributed by atoms with E-state index in [0.29, 0.717) is 6.61 Å². The quantitative estimate of drug-likeness (QED) is 0.229. The van der Waals surface area contributed by atoms with Crippen LogP contribution in [0.5, 0.6) is 5.75 Å². The Bertz CT molecular complexity index is 1340. The Balaban J connectivity index is 1.43. The van der Waals surface area contributed by atoms with E-state index in [1.165, 1.54) is 5.52 Å². The van der Waals surface area contributed by atoms with Gasteiger partial charge in [-0.3, -0.25) is 4.79 Å². The standard InChI is InChI=1S/C29H38N4O3Si/c1-29(2,3)37(4,5)36-27(33-19-25(28(30)34)31-21-33)12-9-16-32-17-15-23-18-24(13-14-26(23)32)35-20-22-10-7-6-8-11-22/h6-8,10-11,13-15,17-19,21,27H,9,12,16,20H2,1-5H3,(H2,30,34). The molecular weight excluding hydrogens is 480 g/mol. The van der Waals surface area contributed by atoms with Gasteiger partial charge in [0.1, 0.15) is 24.3 Å². The molecule has 4 rings (SSSR count). The number of fused-ring (bicyclic) bond motifs is 1. The first-order valence-electron chi connectivity index (χ1n) is 12.8. The number of nitrogens with zero attached hydrogens (tertiary/aromatic N) is 3. The van der Waals surface area contributed by atoms with Crippen LogP contribution in [0.4, 0.5) is 0 Å². The fraction of sp³-hybridized carbons (Fsp3) is 0.379. The minimum absolute atomic E-state index is 0.0647. The molecule has 2 aromatic carbocycles. The molecule has 2 heterocycles. The van der Waals surface area contributed by atoms with Crippen molar-refractivity contribution in [3.8, 4) is 5.75 Å². The van der Waals surface area contributed by atoms with Crippen molar-refractivity contribution in [1.29, 1.82) is 0 Å². The fourth-order valence-corrected chi connectivity index (χ4v) is 5.32. The van der Waals surface area contributed by atoms with E-state index >= 15 is 0 Å². The third-order valence-electron chi connectivity index (χ3n) is 7.26. The SMILES string of the molecule is CC(C)(C)[Si](C)(C)OC(CCCn1ccc2cc(OCc3ccccc3)ccc21)n1cnc(C(N)=O)c1. The van der Waals surface area contributed by atoms with Gasteiger partial charge in [-0.1, -0.05) is 51.1 Å². The number of aromatic nitrogens is 3. The van der Waals surface area contributed by atoms with E-state index in [4.69, 9.17) is 14.9 Å². The molecule has 2 aromatic heterocycles. The number of hydrogen-bond acceptors (Lipinski definition) is 4. The third kappa shape index (κ3) is 6.50. The fourth-order valence-electron chi connectivity index (χ4n) is 4.05. The van der Waals surface area contributed by atoms with Gasteiger partial charge in [-0.2, -0.15) is 0 Å². The number of ether oxygens (including phenoxy) is 1. The van der Waals surface area contributed by atoms with Crippen molar-refractivity contribution in [1.82, 2.24) is 14.1 Å². The zero-order chi connectivity index (χ0) is 26.6. The van der Waals surface area contributed by atoms with Crippen LogP contribution in [0, 0.1) is 0 Å². The van der Waals surface area contributed by atoms with Crippen molar-refractivity contribution in [3.05, 3.63) is 84.6 Å². The molecule has 0 aliphatic heterocycles. The summed E-state index contributed by atoms with van der Waals surface area (Å²) in [7, 11) is -2.05. The van der Waals surface area contributed by atoms with E-state index in [1.54, 1.807) is 12.5 Å². The van der Waals surface area contributed by atoms with Gasteiger partial charge in [-0.05, 0) is 60.8 Å². The van der Waals surface area contributed by atoms with Crippen molar-refractivity contribution >= 4 is 25.1 Å². The van der Waals surface area contributed by atoms with Gasteiger partial charge in [0.05, 0.1) is 6.33 Å². The highest BCUT2D eigenvalue weighted by Gasteiger charge is 2.39. The molecule has 4 aromatic rings. The lowest BCUT2D eigenvalue weighted by Crippen LogP contribution is -2.42. The average Bonchev–Trinajstić information content (AvgIpc) is 3.50. The lowest BCUT2D eigenvalue weighted by atomic mass is 10.2. The van der Waals surface area contributed by atoms with Crippen LogP contribution in [0.1, 0.15) is 55.9 Å². The maximum atomic E-state index is 11.6. The van der Waals surface area contributed by atoms with E-state index in [1.807, 2.05) is 28.8 Å². The zero-order valence-electron chi connectivity index (χ0n) is 22.5. The minimum Gasteiger partial charge on any atom is -0.489 e. The second-order valence-corrected chi connectivity index (χ2v) is 15.8. The summed E-state index contributed by atoms with van der Waals surface area (Å²) in [6, 6.07) is 18.5. The molecule has 1 unspecified atom stereocenters. The second kappa shape index (κ2) is 10.9. The van der Waals surface area contributed by atoms with Gasteiger partial charge in [-0.25, -0.2) is 4.98 Å². The van der Waals surface area contributed by atoms with Gasteiger partial charge >= 0.3 is 0 Å². The minimum atomic E-state index is -2.05. The molecule has 2 N–H and O–H groups in total. The van der Waals surface area contributed by atoms with Gasteiger partial charge in [-0.15, -0.1) is 0 Å². The first-order chi connectivity index (χ1) is 17.5. The van der Waals surface area contributed by atoms with E-state index in [0.717, 1.165) is 36.1 Å². The molecule has 0 fully saturated rings. The molecule has 8 heteroatoms. The van der Waals surface area contributed by atoms with Crippen LogP contribution < -0.4 is 10.5 Å². The Morgan fingerprint density at radius 2 is 1.86 bits per heavy atom. The summed E-state index contributed by atoms with van der Waals surface area (Å²) in [4.78, 5) is 15.8.